The van der Waals surface area contributed by atoms with E-state index < -0.39 is 0 Å². The zero-order chi connectivity index (χ0) is 62.8. The van der Waals surface area contributed by atoms with Gasteiger partial charge in [0.25, 0.3) is 0 Å². The summed E-state index contributed by atoms with van der Waals surface area (Å²) in [6.45, 7) is 15.5. The predicted octanol–water partition coefficient (Wildman–Crippen LogP) is 19.6. The predicted molar refractivity (Wildman–Crippen MR) is 376 cm³/mol. The quantitative estimate of drug-likeness (QED) is 0.0361. The zero-order valence-electron chi connectivity index (χ0n) is 51.8. The fraction of sp³-hybridized carbons (Fsp3) is 0.122. The van der Waals surface area contributed by atoms with E-state index in [4.69, 9.17) is 33.9 Å². The number of rotatable bonds is 28. The summed E-state index contributed by atoms with van der Waals surface area (Å²) in [5.74, 6) is 16.3. The molecule has 0 saturated carbocycles. The molecule has 0 saturated heterocycles. The summed E-state index contributed by atoms with van der Waals surface area (Å²) < 4.78 is 24.3. The molecule has 0 atom stereocenters. The summed E-state index contributed by atoms with van der Waals surface area (Å²) in [7, 11) is 0. The third-order valence-electron chi connectivity index (χ3n) is 13.8. The summed E-state index contributed by atoms with van der Waals surface area (Å²) in [5.41, 5.74) is 14.4. The highest BCUT2D eigenvalue weighted by Crippen LogP contribution is 2.28. The Morgan fingerprint density at radius 3 is 0.789 bits per heavy atom. The maximum absolute atomic E-state index is 6.19. The average molecular weight is 1180 g/mol. The fourth-order valence-electron chi connectivity index (χ4n) is 8.94. The Hall–Kier alpha value is -11.3. The van der Waals surface area contributed by atoms with Gasteiger partial charge in [0.05, 0.1) is 51.7 Å². The first-order valence-electron chi connectivity index (χ1n) is 30.1. The smallest absolute Gasteiger partial charge is 0.119 e. The second-order valence-electron chi connectivity index (χ2n) is 20.0. The highest BCUT2D eigenvalue weighted by molar-refractivity contribution is 6.01. The number of allylic oxidation sites excluding steroid dienone is 8. The normalized spacial score (nSPS) is 11.6. The molecule has 0 radical (unpaired) electrons. The Kier molecular flexibility index (Phi) is 25.9. The maximum atomic E-state index is 6.19. The van der Waals surface area contributed by atoms with Gasteiger partial charge in [-0.1, -0.05) is 159 Å². The Labute approximate surface area is 531 Å². The Morgan fingerprint density at radius 2 is 0.556 bits per heavy atom. The van der Waals surface area contributed by atoms with Crippen LogP contribution in [0, 0.1) is 0 Å². The molecule has 8 rings (SSSR count). The van der Waals surface area contributed by atoms with Gasteiger partial charge in [0.2, 0.25) is 0 Å². The molecule has 0 fully saturated rings. The molecule has 0 amide bonds. The first-order valence-corrected chi connectivity index (χ1v) is 30.1. The van der Waals surface area contributed by atoms with Gasteiger partial charge >= 0.3 is 0 Å². The van der Waals surface area contributed by atoms with E-state index in [1.807, 2.05) is 270 Å². The van der Waals surface area contributed by atoms with Gasteiger partial charge in [-0.05, 0) is 242 Å². The molecule has 8 heteroatoms. The lowest BCUT2D eigenvalue weighted by Gasteiger charge is -2.08. The molecule has 90 heavy (non-hydrogen) atoms. The molecular weight excluding hydrogens is 1100 g/mol. The van der Waals surface area contributed by atoms with Crippen LogP contribution in [0.15, 0.2) is 335 Å². The third-order valence-corrected chi connectivity index (χ3v) is 13.8. The largest absolute Gasteiger partial charge is 0.494 e. The topological polar surface area (TPSA) is 86.4 Å². The van der Waals surface area contributed by atoms with Crippen LogP contribution in [0.5, 0.6) is 23.0 Å². The number of aliphatic imine (C=N–C) groups is 4. The molecule has 0 aliphatic rings. The van der Waals surface area contributed by atoms with Crippen LogP contribution in [-0.2, 0) is 0 Å². The summed E-state index contributed by atoms with van der Waals surface area (Å²) in [6, 6.07) is 72.5. The highest BCUT2D eigenvalue weighted by Gasteiger charge is 2.10. The van der Waals surface area contributed by atoms with Gasteiger partial charge in [0.15, 0.2) is 0 Å². The lowest BCUT2D eigenvalue weighted by Crippen LogP contribution is -1.95. The number of nitrogens with zero attached hydrogens (tertiary/aromatic N) is 4. The van der Waals surface area contributed by atoms with Gasteiger partial charge in [-0.25, -0.2) is 20.0 Å². The van der Waals surface area contributed by atoms with Crippen molar-refractivity contribution in [3.05, 3.63) is 359 Å². The lowest BCUT2D eigenvalue weighted by molar-refractivity contribution is 0.317. The van der Waals surface area contributed by atoms with Crippen LogP contribution in [0.25, 0.3) is 22.3 Å². The van der Waals surface area contributed by atoms with E-state index in [0.717, 1.165) is 119 Å². The lowest BCUT2D eigenvalue weighted by atomic mass is 9.99. The van der Waals surface area contributed by atoms with Crippen molar-refractivity contribution < 1.29 is 18.9 Å². The first kappa shape index (κ1) is 64.7. The molecule has 0 spiro atoms. The maximum Gasteiger partial charge on any atom is 0.119 e. The minimum Gasteiger partial charge on any atom is -0.494 e. The van der Waals surface area contributed by atoms with Crippen molar-refractivity contribution in [1.29, 1.82) is 0 Å². The average Bonchev–Trinajstić information content (AvgIpc) is 2.87. The number of hydrogen-bond donors (Lipinski definition) is 0. The van der Waals surface area contributed by atoms with Crippen LogP contribution in [0.1, 0.15) is 85.5 Å². The second kappa shape index (κ2) is 36.0. The molecule has 8 nitrogen and oxygen atoms in total. The molecular formula is C82H74N4O4. The molecule has 0 bridgehead atoms. The third kappa shape index (κ3) is 20.1. The molecule has 446 valence electrons. The van der Waals surface area contributed by atoms with E-state index in [2.05, 4.69) is 78.4 Å². The van der Waals surface area contributed by atoms with Crippen LogP contribution in [0.3, 0.4) is 0 Å². The number of benzene rings is 8. The van der Waals surface area contributed by atoms with Gasteiger partial charge in [-0.2, -0.15) is 0 Å². The first-order chi connectivity index (χ1) is 44.4. The molecule has 0 aromatic heterocycles. The Balaban J connectivity index is 0.871. The summed E-state index contributed by atoms with van der Waals surface area (Å²) in [4.78, 5) is 18.9. The Bertz CT molecular complexity index is 4120. The van der Waals surface area contributed by atoms with Crippen molar-refractivity contribution in [3.8, 4) is 23.0 Å². The van der Waals surface area contributed by atoms with E-state index in [1.54, 1.807) is 6.08 Å². The van der Waals surface area contributed by atoms with Crippen LogP contribution in [-0.4, -0.2) is 49.9 Å². The van der Waals surface area contributed by atoms with E-state index in [1.165, 1.54) is 0 Å². The molecule has 0 N–H and O–H groups in total. The number of ether oxygens (including phenoxy) is 4. The molecule has 0 unspecified atom stereocenters. The van der Waals surface area contributed by atoms with Gasteiger partial charge in [-0.15, -0.1) is 0 Å². The molecule has 0 heterocycles. The van der Waals surface area contributed by atoms with Crippen molar-refractivity contribution in [3.63, 3.8) is 0 Å². The SMILES string of the molecule is C=C/C(=C\C)N=C=C(c1ccccc1)c1ccc(OC/C=C/C(=C\C)N=C=C(c2ccccc2)c2ccc(OC/C=C/C(=C\C)N=C=C(c3ccccc3)c3ccc(OC/C=C/C(=C\C)N=C=C(c4ccccc4)c4ccc(OCCC)cc4)cc3)cc2)cc1. The minimum atomic E-state index is 0.337. The van der Waals surface area contributed by atoms with Crippen LogP contribution in [0.4, 0.5) is 0 Å². The summed E-state index contributed by atoms with van der Waals surface area (Å²) in [6.07, 6.45) is 22.1. The van der Waals surface area contributed by atoms with Crippen LogP contribution in [0.2, 0.25) is 0 Å². The van der Waals surface area contributed by atoms with E-state index >= 15 is 0 Å². The van der Waals surface area contributed by atoms with Crippen molar-refractivity contribution >= 4 is 45.8 Å². The fourth-order valence-corrected chi connectivity index (χ4v) is 8.94. The molecule has 8 aromatic carbocycles. The second-order valence-corrected chi connectivity index (χ2v) is 20.0. The van der Waals surface area contributed by atoms with Gasteiger partial charge < -0.3 is 18.9 Å². The van der Waals surface area contributed by atoms with Crippen molar-refractivity contribution in [2.75, 3.05) is 26.4 Å². The molecule has 0 aliphatic carbocycles. The number of hydrogen-bond acceptors (Lipinski definition) is 8. The van der Waals surface area contributed by atoms with Crippen LogP contribution < -0.4 is 18.9 Å². The minimum absolute atomic E-state index is 0.337. The van der Waals surface area contributed by atoms with Gasteiger partial charge in [-0.3, -0.25) is 0 Å². The monoisotopic (exact) mass is 1180 g/mol. The van der Waals surface area contributed by atoms with E-state index in [-0.39, 0.29) is 0 Å². The van der Waals surface area contributed by atoms with E-state index in [9.17, 15) is 0 Å². The van der Waals surface area contributed by atoms with Crippen molar-refractivity contribution in [1.82, 2.24) is 0 Å². The summed E-state index contributed by atoms with van der Waals surface area (Å²) >= 11 is 0. The van der Waals surface area contributed by atoms with Gasteiger partial charge in [0.1, 0.15) is 42.8 Å². The molecule has 8 aromatic rings. The van der Waals surface area contributed by atoms with Crippen LogP contribution >= 0.6 is 0 Å². The highest BCUT2D eigenvalue weighted by atomic mass is 16.5. The standard InChI is InChI=1S/C82H74N4O4/c1-7-55-87-75-47-39-68(40-48-75)80(64-30-19-14-20-31-64)60-84-72(10-4)36-26-57-89-77-51-43-70(44-52-77)82(66-34-23-16-24-35-66)62-86-74(12-6)38-27-58-90-78-53-45-69(46-54-78)81(65-32-21-15-22-33-65)61-85-73(11-5)37-25-56-88-76-49-41-67(42-50-76)79(59-83-71(8-2)9-3)63-28-17-13-18-29-63/h8-54H,2,7,55-58H2,1,3-6H3/b36-26+,37-25+,38-27+,71-9+,72-10+,73-11+,74-12+. The Morgan fingerprint density at radius 1 is 0.322 bits per heavy atom. The van der Waals surface area contributed by atoms with Crippen molar-refractivity contribution in [2.24, 2.45) is 20.0 Å². The zero-order valence-corrected chi connectivity index (χ0v) is 51.8. The molecule has 0 aliphatic heterocycles. The summed E-state index contributed by atoms with van der Waals surface area (Å²) in [5, 5.41) is 0. The van der Waals surface area contributed by atoms with Crippen molar-refractivity contribution in [2.45, 2.75) is 41.0 Å². The van der Waals surface area contributed by atoms with E-state index in [0.29, 0.717) is 26.4 Å². The van der Waals surface area contributed by atoms with Gasteiger partial charge in [0, 0.05) is 0 Å².